The van der Waals surface area contributed by atoms with Crippen molar-refractivity contribution in [1.29, 1.82) is 0 Å². The van der Waals surface area contributed by atoms with Gasteiger partial charge in [0.15, 0.2) is 0 Å². The van der Waals surface area contributed by atoms with Crippen LogP contribution in [0.1, 0.15) is 19.4 Å². The minimum absolute atomic E-state index is 0.110. The molecule has 0 aromatic heterocycles. The molecule has 1 rings (SSSR count). The van der Waals surface area contributed by atoms with Gasteiger partial charge in [0.1, 0.15) is 12.4 Å². The number of nitrogens with one attached hydrogen (secondary N) is 1. The fourth-order valence-corrected chi connectivity index (χ4v) is 1.70. The number of hydrogen-bond acceptors (Lipinski definition) is 3. The summed E-state index contributed by atoms with van der Waals surface area (Å²) >= 11 is 0. The van der Waals surface area contributed by atoms with Crippen LogP contribution >= 0.6 is 0 Å². The van der Waals surface area contributed by atoms with Gasteiger partial charge >= 0.3 is 0 Å². The average Bonchev–Trinajstić information content (AvgIpc) is 2.49. The van der Waals surface area contributed by atoms with Gasteiger partial charge in [-0.2, -0.15) is 0 Å². The first-order chi connectivity index (χ1) is 9.58. The molecule has 20 heavy (non-hydrogen) atoms. The van der Waals surface area contributed by atoms with Crippen molar-refractivity contribution in [2.24, 2.45) is 0 Å². The fourth-order valence-electron chi connectivity index (χ4n) is 1.70. The van der Waals surface area contributed by atoms with Crippen molar-refractivity contribution >= 4 is 5.91 Å². The van der Waals surface area contributed by atoms with E-state index in [2.05, 4.69) is 11.9 Å². The third-order valence-electron chi connectivity index (χ3n) is 3.12. The molecule has 0 spiro atoms. The van der Waals surface area contributed by atoms with E-state index in [9.17, 15) is 4.79 Å². The summed E-state index contributed by atoms with van der Waals surface area (Å²) in [5, 5.41) is 3.23. The van der Waals surface area contributed by atoms with Gasteiger partial charge in [-0.25, -0.2) is 0 Å². The molecule has 1 unspecified atom stereocenters. The van der Waals surface area contributed by atoms with E-state index in [0.29, 0.717) is 13.2 Å². The molecule has 0 saturated carbocycles. The van der Waals surface area contributed by atoms with E-state index in [1.54, 1.807) is 11.0 Å². The monoisotopic (exact) mass is 276 g/mol. The van der Waals surface area contributed by atoms with Crippen molar-refractivity contribution in [3.63, 3.8) is 0 Å². The zero-order valence-electron chi connectivity index (χ0n) is 12.6. The largest absolute Gasteiger partial charge is 0.490 e. The smallest absolute Gasteiger partial charge is 0.239 e. The third-order valence-corrected chi connectivity index (χ3v) is 3.12. The summed E-state index contributed by atoms with van der Waals surface area (Å²) in [6, 6.07) is 7.64. The summed E-state index contributed by atoms with van der Waals surface area (Å²) in [5.41, 5.74) is 1.12. The first kappa shape index (κ1) is 16.2. The number of amides is 1. The normalized spacial score (nSPS) is 11.8. The molecule has 1 aromatic rings. The highest BCUT2D eigenvalue weighted by molar-refractivity contribution is 5.81. The number of hydrogen-bond donors (Lipinski definition) is 1. The number of rotatable bonds is 8. The highest BCUT2D eigenvalue weighted by atomic mass is 16.5. The highest BCUT2D eigenvalue weighted by Crippen LogP contribution is 2.12. The van der Waals surface area contributed by atoms with E-state index in [1.165, 1.54) is 0 Å². The van der Waals surface area contributed by atoms with Gasteiger partial charge in [-0.15, -0.1) is 0 Å². The van der Waals surface area contributed by atoms with Crippen LogP contribution in [0.3, 0.4) is 0 Å². The Labute approximate surface area is 121 Å². The highest BCUT2D eigenvalue weighted by Gasteiger charge is 2.15. The van der Waals surface area contributed by atoms with E-state index >= 15 is 0 Å². The maximum absolute atomic E-state index is 11.9. The Balaban J connectivity index is 2.45. The number of carbonyl (C=O) groups is 1. The van der Waals surface area contributed by atoms with E-state index < -0.39 is 0 Å². The van der Waals surface area contributed by atoms with Crippen LogP contribution in [-0.2, 0) is 11.3 Å². The lowest BCUT2D eigenvalue weighted by atomic mass is 10.2. The summed E-state index contributed by atoms with van der Waals surface area (Å²) in [6.45, 7) is 9.35. The van der Waals surface area contributed by atoms with Crippen LogP contribution in [0.5, 0.6) is 5.75 Å². The quantitative estimate of drug-likeness (QED) is 0.740. The lowest BCUT2D eigenvalue weighted by molar-refractivity contribution is -0.131. The predicted molar refractivity (Wildman–Crippen MR) is 81.7 cm³/mol. The molecule has 0 fully saturated rings. The molecule has 110 valence electrons. The molecule has 0 aliphatic heterocycles. The van der Waals surface area contributed by atoms with Crippen molar-refractivity contribution in [2.75, 3.05) is 20.2 Å². The van der Waals surface area contributed by atoms with Crippen LogP contribution in [0, 0.1) is 0 Å². The topological polar surface area (TPSA) is 41.6 Å². The maximum Gasteiger partial charge on any atom is 0.239 e. The van der Waals surface area contributed by atoms with E-state index in [0.717, 1.165) is 17.9 Å². The molecule has 1 aromatic carbocycles. The standard InChI is InChI=1S/C16H24N2O2/c1-5-11-20-15-9-7-14(8-10-15)12-17-13(3)16(19)18(4)6-2/h5,7-10,13,17H,1,6,11-12H2,2-4H3. The summed E-state index contributed by atoms with van der Waals surface area (Å²) in [4.78, 5) is 13.6. The second kappa shape index (κ2) is 8.38. The Hall–Kier alpha value is -1.81. The molecule has 1 atom stereocenters. The molecule has 0 aliphatic carbocycles. The minimum atomic E-state index is -0.184. The van der Waals surface area contributed by atoms with Gasteiger partial charge in [0.25, 0.3) is 0 Å². The van der Waals surface area contributed by atoms with Crippen molar-refractivity contribution in [1.82, 2.24) is 10.2 Å². The second-order valence-corrected chi connectivity index (χ2v) is 4.70. The molecular weight excluding hydrogens is 252 g/mol. The number of likely N-dealkylation sites (N-methyl/N-ethyl adjacent to an activating group) is 1. The molecular formula is C16H24N2O2. The van der Waals surface area contributed by atoms with Gasteiger partial charge < -0.3 is 15.0 Å². The number of ether oxygens (including phenoxy) is 1. The molecule has 1 N–H and O–H groups in total. The first-order valence-corrected chi connectivity index (χ1v) is 6.89. The molecule has 1 amide bonds. The van der Waals surface area contributed by atoms with Crippen LogP contribution in [-0.4, -0.2) is 37.0 Å². The van der Waals surface area contributed by atoms with Crippen LogP contribution in [0.2, 0.25) is 0 Å². The Morgan fingerprint density at radius 2 is 2.10 bits per heavy atom. The molecule has 0 heterocycles. The van der Waals surface area contributed by atoms with Gasteiger partial charge in [-0.1, -0.05) is 24.8 Å². The van der Waals surface area contributed by atoms with Gasteiger partial charge in [0, 0.05) is 20.1 Å². The SMILES string of the molecule is C=CCOc1ccc(CNC(C)C(=O)N(C)CC)cc1. The lowest BCUT2D eigenvalue weighted by Crippen LogP contribution is -2.42. The van der Waals surface area contributed by atoms with Crippen molar-refractivity contribution in [3.05, 3.63) is 42.5 Å². The van der Waals surface area contributed by atoms with Crippen LogP contribution in [0.15, 0.2) is 36.9 Å². The summed E-state index contributed by atoms with van der Waals surface area (Å²) in [6.07, 6.45) is 1.72. The second-order valence-electron chi connectivity index (χ2n) is 4.70. The Morgan fingerprint density at radius 3 is 2.65 bits per heavy atom. The lowest BCUT2D eigenvalue weighted by Gasteiger charge is -2.20. The number of carbonyl (C=O) groups excluding carboxylic acids is 1. The van der Waals surface area contributed by atoms with E-state index in [4.69, 9.17) is 4.74 Å². The van der Waals surface area contributed by atoms with E-state index in [-0.39, 0.29) is 11.9 Å². The van der Waals surface area contributed by atoms with Crippen LogP contribution in [0.4, 0.5) is 0 Å². The Kier molecular flexibility index (Phi) is 6.81. The zero-order valence-corrected chi connectivity index (χ0v) is 12.6. The fraction of sp³-hybridized carbons (Fsp3) is 0.438. The van der Waals surface area contributed by atoms with Crippen molar-refractivity contribution in [3.8, 4) is 5.75 Å². The summed E-state index contributed by atoms with van der Waals surface area (Å²) in [5.74, 6) is 0.932. The molecule has 0 radical (unpaired) electrons. The van der Waals surface area contributed by atoms with Crippen LogP contribution < -0.4 is 10.1 Å². The number of nitrogens with zero attached hydrogens (tertiary/aromatic N) is 1. The molecule has 4 heteroatoms. The Morgan fingerprint density at radius 1 is 1.45 bits per heavy atom. The Bertz CT molecular complexity index is 429. The zero-order chi connectivity index (χ0) is 15.0. The van der Waals surface area contributed by atoms with Gasteiger partial charge in [0.2, 0.25) is 5.91 Å². The first-order valence-electron chi connectivity index (χ1n) is 6.89. The van der Waals surface area contributed by atoms with Gasteiger partial charge in [0.05, 0.1) is 6.04 Å². The number of benzene rings is 1. The van der Waals surface area contributed by atoms with Crippen molar-refractivity contribution < 1.29 is 9.53 Å². The minimum Gasteiger partial charge on any atom is -0.490 e. The maximum atomic E-state index is 11.9. The predicted octanol–water partition coefficient (Wildman–Crippen LogP) is 2.21. The summed E-state index contributed by atoms with van der Waals surface area (Å²) in [7, 11) is 1.81. The van der Waals surface area contributed by atoms with Gasteiger partial charge in [-0.3, -0.25) is 4.79 Å². The third kappa shape index (κ3) is 5.05. The van der Waals surface area contributed by atoms with Crippen molar-refractivity contribution in [2.45, 2.75) is 26.4 Å². The molecule has 0 saturated heterocycles. The molecule has 0 bridgehead atoms. The van der Waals surface area contributed by atoms with Gasteiger partial charge in [-0.05, 0) is 31.5 Å². The average molecular weight is 276 g/mol. The molecule has 0 aliphatic rings. The molecule has 4 nitrogen and oxygen atoms in total. The van der Waals surface area contributed by atoms with Crippen LogP contribution in [0.25, 0.3) is 0 Å². The summed E-state index contributed by atoms with van der Waals surface area (Å²) < 4.78 is 5.42. The van der Waals surface area contributed by atoms with E-state index in [1.807, 2.05) is 45.2 Å².